The molecule has 0 radical (unpaired) electrons. The molecule has 2 aromatic carbocycles. The molecule has 0 aromatic heterocycles. The van der Waals surface area contributed by atoms with Crippen molar-refractivity contribution in [1.29, 1.82) is 0 Å². The molecule has 4 heterocycles. The van der Waals surface area contributed by atoms with Crippen LogP contribution in [0.4, 0.5) is 0 Å². The van der Waals surface area contributed by atoms with E-state index in [9.17, 15) is 10.2 Å². The fourth-order valence-corrected chi connectivity index (χ4v) is 4.80. The summed E-state index contributed by atoms with van der Waals surface area (Å²) < 4.78 is 0. The van der Waals surface area contributed by atoms with Gasteiger partial charge in [-0.1, -0.05) is 30.3 Å². The predicted molar refractivity (Wildman–Crippen MR) is 107 cm³/mol. The fraction of sp³-hybridized carbons (Fsp3) is 0.333. The second kappa shape index (κ2) is 6.70. The third kappa shape index (κ3) is 3.07. The van der Waals surface area contributed by atoms with Crippen LogP contribution in [0.15, 0.2) is 58.7 Å². The smallest absolute Gasteiger partial charge is 0.128 e. The number of hydrogen-bond donors (Lipinski definition) is 2. The lowest BCUT2D eigenvalue weighted by Crippen LogP contribution is -2.74. The van der Waals surface area contributed by atoms with Gasteiger partial charge in [0.25, 0.3) is 0 Å². The molecule has 6 rings (SSSR count). The van der Waals surface area contributed by atoms with Gasteiger partial charge < -0.3 is 10.2 Å². The molecule has 0 amide bonds. The van der Waals surface area contributed by atoms with Gasteiger partial charge in [-0.15, -0.1) is 0 Å². The number of hydrogen-bond acceptors (Lipinski definition) is 7. The summed E-state index contributed by atoms with van der Waals surface area (Å²) in [6.45, 7) is 6.00. The topological polar surface area (TPSA) is 74.9 Å². The highest BCUT2D eigenvalue weighted by Crippen LogP contribution is 2.38. The van der Waals surface area contributed by atoms with Gasteiger partial charge in [0, 0.05) is 31.3 Å². The van der Waals surface area contributed by atoms with Crippen molar-refractivity contribution in [3.8, 4) is 11.5 Å². The van der Waals surface area contributed by atoms with E-state index in [0.29, 0.717) is 5.56 Å². The molecular weight excluding hydrogens is 354 g/mol. The first kappa shape index (κ1) is 17.4. The Labute approximate surface area is 163 Å². The van der Waals surface area contributed by atoms with Crippen LogP contribution in [0.3, 0.4) is 0 Å². The van der Waals surface area contributed by atoms with E-state index in [1.54, 1.807) is 12.3 Å². The molecule has 0 aliphatic carbocycles. The minimum Gasteiger partial charge on any atom is -0.508 e. The lowest BCUT2D eigenvalue weighted by atomic mass is 9.74. The van der Waals surface area contributed by atoms with Crippen LogP contribution >= 0.6 is 0 Å². The molecule has 2 aromatic rings. The minimum atomic E-state index is -0.0789. The lowest BCUT2D eigenvalue weighted by Gasteiger charge is -2.60. The highest BCUT2D eigenvalue weighted by atomic mass is 16.3. The minimum absolute atomic E-state index is 0.0154. The Morgan fingerprint density at radius 2 is 1.54 bits per heavy atom. The number of aromatic hydroxyl groups is 2. The van der Waals surface area contributed by atoms with Gasteiger partial charge in [-0.05, 0) is 17.7 Å². The number of nitrogens with zero attached hydrogens (tertiary/aromatic N) is 5. The van der Waals surface area contributed by atoms with Crippen molar-refractivity contribution in [2.75, 3.05) is 39.6 Å². The molecule has 4 aliphatic heterocycles. The molecule has 28 heavy (non-hydrogen) atoms. The number of phenols is 2. The van der Waals surface area contributed by atoms with E-state index in [-0.39, 0.29) is 16.9 Å². The predicted octanol–water partition coefficient (Wildman–Crippen LogP) is 1.73. The molecule has 0 saturated carbocycles. The van der Waals surface area contributed by atoms with Gasteiger partial charge >= 0.3 is 0 Å². The van der Waals surface area contributed by atoms with Gasteiger partial charge in [0.2, 0.25) is 0 Å². The van der Waals surface area contributed by atoms with Crippen LogP contribution in [0.2, 0.25) is 0 Å². The quantitative estimate of drug-likeness (QED) is 0.627. The summed E-state index contributed by atoms with van der Waals surface area (Å²) in [5.41, 5.74) is 2.52. The summed E-state index contributed by atoms with van der Waals surface area (Å²) in [7, 11) is 0. The average molecular weight is 377 g/mol. The van der Waals surface area contributed by atoms with Crippen molar-refractivity contribution < 1.29 is 10.2 Å². The highest BCUT2D eigenvalue weighted by molar-refractivity contribution is 6.05. The van der Waals surface area contributed by atoms with E-state index in [0.717, 1.165) is 50.9 Å². The van der Waals surface area contributed by atoms with Crippen molar-refractivity contribution in [3.63, 3.8) is 0 Å². The van der Waals surface area contributed by atoms with Crippen molar-refractivity contribution >= 4 is 11.9 Å². The second-order valence-electron chi connectivity index (χ2n) is 7.99. The van der Waals surface area contributed by atoms with Crippen molar-refractivity contribution in [1.82, 2.24) is 14.7 Å². The first-order valence-corrected chi connectivity index (χ1v) is 9.47. The van der Waals surface area contributed by atoms with Crippen LogP contribution in [-0.4, -0.2) is 76.5 Å². The molecule has 4 saturated heterocycles. The van der Waals surface area contributed by atoms with Crippen LogP contribution in [0.5, 0.6) is 11.5 Å². The molecule has 0 unspecified atom stereocenters. The summed E-state index contributed by atoms with van der Waals surface area (Å²) in [5, 5.41) is 28.4. The highest BCUT2D eigenvalue weighted by Gasteiger charge is 2.51. The van der Waals surface area contributed by atoms with Gasteiger partial charge in [0.05, 0.1) is 37.3 Å². The van der Waals surface area contributed by atoms with E-state index in [4.69, 9.17) is 0 Å². The third-order valence-corrected chi connectivity index (χ3v) is 5.70. The van der Waals surface area contributed by atoms with Gasteiger partial charge in [-0.25, -0.2) is 0 Å². The molecule has 0 atom stereocenters. The lowest BCUT2D eigenvalue weighted by molar-refractivity contribution is -0.149. The Morgan fingerprint density at radius 1 is 0.893 bits per heavy atom. The van der Waals surface area contributed by atoms with Crippen LogP contribution < -0.4 is 0 Å². The number of phenolic OH excluding ortho intramolecular Hbond substituents is 2. The summed E-state index contributed by atoms with van der Waals surface area (Å²) in [4.78, 5) is 7.39. The Balaban J connectivity index is 1.52. The van der Waals surface area contributed by atoms with Gasteiger partial charge in [-0.2, -0.15) is 10.2 Å². The van der Waals surface area contributed by atoms with E-state index in [1.807, 2.05) is 18.2 Å². The molecule has 4 aliphatic rings. The van der Waals surface area contributed by atoms with Crippen molar-refractivity contribution in [2.45, 2.75) is 0 Å². The maximum absolute atomic E-state index is 9.98. The molecule has 7 nitrogen and oxygen atoms in total. The maximum atomic E-state index is 9.98. The number of benzene rings is 2. The van der Waals surface area contributed by atoms with Crippen LogP contribution in [0, 0.1) is 5.41 Å². The zero-order chi connectivity index (χ0) is 19.1. The van der Waals surface area contributed by atoms with Gasteiger partial charge in [0.15, 0.2) is 0 Å². The molecule has 4 fully saturated rings. The molecule has 2 N–H and O–H groups in total. The summed E-state index contributed by atoms with van der Waals surface area (Å²) in [5.74, 6) is 0.00666. The van der Waals surface area contributed by atoms with Crippen LogP contribution in [-0.2, 0) is 0 Å². The van der Waals surface area contributed by atoms with Crippen LogP contribution in [0.25, 0.3) is 0 Å². The molecule has 4 bridgehead atoms. The normalized spacial score (nSPS) is 31.6. The maximum Gasteiger partial charge on any atom is 0.128 e. The van der Waals surface area contributed by atoms with Crippen molar-refractivity contribution in [3.05, 3.63) is 59.7 Å². The Morgan fingerprint density at radius 3 is 2.14 bits per heavy atom. The summed E-state index contributed by atoms with van der Waals surface area (Å²) in [6, 6.07) is 14.7. The van der Waals surface area contributed by atoms with Crippen LogP contribution in [0.1, 0.15) is 11.1 Å². The standard InChI is InChI=1S/C21H23N5O2/c27-18-7-6-17(19(28)8-18)9-22-23-20(16-4-2-1-3-5-16)21-10-24-13-25(11-21)15-26(12-21)14-24/h1-9,27-28H,10-15H2/b22-9-,23-20-. The third-order valence-electron chi connectivity index (χ3n) is 5.70. The first-order valence-electron chi connectivity index (χ1n) is 9.47. The molecular formula is C21H23N5O2. The van der Waals surface area contributed by atoms with E-state index in [1.165, 1.54) is 12.1 Å². The molecule has 144 valence electrons. The Hall–Kier alpha value is -2.74. The second-order valence-corrected chi connectivity index (χ2v) is 7.99. The Kier molecular flexibility index (Phi) is 4.16. The van der Waals surface area contributed by atoms with E-state index >= 15 is 0 Å². The molecule has 0 spiro atoms. The van der Waals surface area contributed by atoms with Gasteiger partial charge in [0.1, 0.15) is 11.5 Å². The monoisotopic (exact) mass is 377 g/mol. The first-order chi connectivity index (χ1) is 13.6. The largest absolute Gasteiger partial charge is 0.508 e. The van der Waals surface area contributed by atoms with Crippen molar-refractivity contribution in [2.24, 2.45) is 15.6 Å². The number of rotatable bonds is 4. The van der Waals surface area contributed by atoms with Gasteiger partial charge in [-0.3, -0.25) is 14.7 Å². The molecule has 7 heteroatoms. The zero-order valence-electron chi connectivity index (χ0n) is 15.6. The van der Waals surface area contributed by atoms with E-state index in [2.05, 4.69) is 37.0 Å². The van der Waals surface area contributed by atoms with E-state index < -0.39 is 0 Å². The summed E-state index contributed by atoms with van der Waals surface area (Å²) >= 11 is 0. The average Bonchev–Trinajstić information content (AvgIpc) is 2.66. The zero-order valence-corrected chi connectivity index (χ0v) is 15.6. The Bertz CT molecular complexity index is 906. The fourth-order valence-electron chi connectivity index (χ4n) is 4.80. The SMILES string of the molecule is Oc1ccc(/C=N\N=C(\c2ccccc2)C23CN4CN(CN(C4)C2)C3)c(O)c1. The summed E-state index contributed by atoms with van der Waals surface area (Å²) in [6.07, 6.45) is 1.54.